The van der Waals surface area contributed by atoms with Crippen LogP contribution in [0.3, 0.4) is 0 Å². The summed E-state index contributed by atoms with van der Waals surface area (Å²) in [5.74, 6) is 0. The molecule has 0 bridgehead atoms. The fraction of sp³-hybridized carbons (Fsp3) is 0. The van der Waals surface area contributed by atoms with Gasteiger partial charge in [0.25, 0.3) is 5.56 Å². The lowest BCUT2D eigenvalue weighted by atomic mass is 10.7. The van der Waals surface area contributed by atoms with Crippen LogP contribution in [-0.4, -0.2) is 14.6 Å². The average molecular weight is 192 g/mol. The molecule has 12 heavy (non-hydrogen) atoms. The van der Waals surface area contributed by atoms with Gasteiger partial charge in [0.05, 0.1) is 6.20 Å². The standard InChI is InChI=1S/C4H5N2O5P/c7-3-1-2-6(4(8)5-3)11-12(9)10/h1-2,12H,(H,9,10)(H,5,7,8). The monoisotopic (exact) mass is 192 g/mol. The second-order valence-corrected chi connectivity index (χ2v) is 2.51. The van der Waals surface area contributed by atoms with E-state index in [1.54, 1.807) is 0 Å². The van der Waals surface area contributed by atoms with Gasteiger partial charge in [0.15, 0.2) is 0 Å². The summed E-state index contributed by atoms with van der Waals surface area (Å²) in [6, 6.07) is 0.992. The van der Waals surface area contributed by atoms with E-state index in [1.165, 1.54) is 0 Å². The third kappa shape index (κ3) is 2.08. The Bertz CT molecular complexity index is 406. The third-order valence-electron chi connectivity index (χ3n) is 0.968. The predicted molar refractivity (Wildman–Crippen MR) is 39.1 cm³/mol. The Labute approximate surface area is 66.1 Å². The van der Waals surface area contributed by atoms with E-state index in [9.17, 15) is 14.2 Å². The van der Waals surface area contributed by atoms with E-state index in [2.05, 4.69) is 4.62 Å². The molecule has 0 amide bonds. The van der Waals surface area contributed by atoms with E-state index in [-0.39, 0.29) is 0 Å². The molecule has 0 aliphatic carbocycles. The maximum absolute atomic E-state index is 10.7. The number of nitrogens with zero attached hydrogens (tertiary/aromatic N) is 1. The van der Waals surface area contributed by atoms with Crippen molar-refractivity contribution in [1.29, 1.82) is 0 Å². The second kappa shape index (κ2) is 3.38. The first-order chi connectivity index (χ1) is 5.59. The van der Waals surface area contributed by atoms with Crippen molar-refractivity contribution in [3.05, 3.63) is 33.1 Å². The molecule has 66 valence electrons. The summed E-state index contributed by atoms with van der Waals surface area (Å²) in [6.07, 6.45) is 0.958. The quantitative estimate of drug-likeness (QED) is 0.546. The minimum Gasteiger partial charge on any atom is -0.331 e. The molecule has 0 saturated heterocycles. The van der Waals surface area contributed by atoms with Crippen LogP contribution in [0, 0.1) is 0 Å². The Balaban J connectivity index is 3.10. The van der Waals surface area contributed by atoms with Gasteiger partial charge < -0.3 is 9.52 Å². The Morgan fingerprint density at radius 2 is 2.25 bits per heavy atom. The number of aromatic nitrogens is 2. The van der Waals surface area contributed by atoms with E-state index < -0.39 is 19.5 Å². The van der Waals surface area contributed by atoms with Crippen LogP contribution < -0.4 is 15.9 Å². The molecule has 1 rings (SSSR count). The van der Waals surface area contributed by atoms with Crippen molar-refractivity contribution in [3.8, 4) is 0 Å². The molecule has 0 saturated carbocycles. The summed E-state index contributed by atoms with van der Waals surface area (Å²) in [6.45, 7) is 0. The molecule has 0 radical (unpaired) electrons. The van der Waals surface area contributed by atoms with Gasteiger partial charge >= 0.3 is 13.9 Å². The molecule has 1 aromatic heterocycles. The zero-order chi connectivity index (χ0) is 9.14. The van der Waals surface area contributed by atoms with Crippen molar-refractivity contribution in [2.24, 2.45) is 0 Å². The van der Waals surface area contributed by atoms with Gasteiger partial charge in [0.2, 0.25) is 0 Å². The lowest BCUT2D eigenvalue weighted by Gasteiger charge is -2.00. The molecule has 8 heteroatoms. The first kappa shape index (κ1) is 8.76. The van der Waals surface area contributed by atoms with Gasteiger partial charge in [0, 0.05) is 6.07 Å². The number of rotatable bonds is 2. The molecule has 0 fully saturated rings. The van der Waals surface area contributed by atoms with E-state index in [0.29, 0.717) is 4.73 Å². The topological polar surface area (TPSA) is 101 Å². The molecule has 2 N–H and O–H groups in total. The molecule has 1 unspecified atom stereocenters. The summed E-state index contributed by atoms with van der Waals surface area (Å²) in [5.41, 5.74) is -1.49. The van der Waals surface area contributed by atoms with Crippen LogP contribution in [0.1, 0.15) is 0 Å². The summed E-state index contributed by atoms with van der Waals surface area (Å²) < 4.78 is 14.7. The average Bonchev–Trinajstić information content (AvgIpc) is 1.94. The molecular formula is C4H5N2O5P. The lowest BCUT2D eigenvalue weighted by Crippen LogP contribution is -2.30. The highest BCUT2D eigenvalue weighted by atomic mass is 31.1. The van der Waals surface area contributed by atoms with Crippen LogP contribution in [0.5, 0.6) is 0 Å². The van der Waals surface area contributed by atoms with Crippen molar-refractivity contribution in [3.63, 3.8) is 0 Å². The molecule has 0 aliphatic rings. The van der Waals surface area contributed by atoms with Crippen LogP contribution in [0.2, 0.25) is 0 Å². The molecule has 1 aromatic rings. The molecule has 7 nitrogen and oxygen atoms in total. The van der Waals surface area contributed by atoms with E-state index in [1.807, 2.05) is 4.98 Å². The highest BCUT2D eigenvalue weighted by Crippen LogP contribution is 2.06. The number of H-pyrrole nitrogens is 1. The number of hydrogen-bond donors (Lipinski definition) is 2. The van der Waals surface area contributed by atoms with E-state index >= 15 is 0 Å². The van der Waals surface area contributed by atoms with Crippen molar-refractivity contribution < 1.29 is 14.1 Å². The number of hydrogen-bond acceptors (Lipinski definition) is 4. The minimum atomic E-state index is -3.23. The van der Waals surface area contributed by atoms with Crippen molar-refractivity contribution >= 4 is 8.25 Å². The summed E-state index contributed by atoms with van der Waals surface area (Å²) in [4.78, 5) is 31.3. The maximum Gasteiger partial charge on any atom is 0.384 e. The number of nitrogens with one attached hydrogen (secondary N) is 1. The maximum atomic E-state index is 10.7. The lowest BCUT2D eigenvalue weighted by molar-refractivity contribution is 0.234. The largest absolute Gasteiger partial charge is 0.384 e. The summed E-state index contributed by atoms with van der Waals surface area (Å²) in [7, 11) is -3.23. The van der Waals surface area contributed by atoms with E-state index in [4.69, 9.17) is 4.89 Å². The summed E-state index contributed by atoms with van der Waals surface area (Å²) in [5, 5.41) is 0. The molecule has 1 atom stereocenters. The highest BCUT2D eigenvalue weighted by Gasteiger charge is 1.98. The van der Waals surface area contributed by atoms with Crippen LogP contribution in [0.4, 0.5) is 0 Å². The first-order valence-corrected chi connectivity index (χ1v) is 4.09. The van der Waals surface area contributed by atoms with Crippen LogP contribution >= 0.6 is 8.25 Å². The molecule has 0 aromatic carbocycles. The molecule has 0 aliphatic heterocycles. The van der Waals surface area contributed by atoms with Crippen LogP contribution in [-0.2, 0) is 4.57 Å². The predicted octanol–water partition coefficient (Wildman–Crippen LogP) is -1.65. The highest BCUT2D eigenvalue weighted by molar-refractivity contribution is 7.32. The van der Waals surface area contributed by atoms with Crippen LogP contribution in [0.25, 0.3) is 0 Å². The Morgan fingerprint density at radius 3 is 2.75 bits per heavy atom. The van der Waals surface area contributed by atoms with Crippen molar-refractivity contribution in [1.82, 2.24) is 9.71 Å². The smallest absolute Gasteiger partial charge is 0.331 e. The van der Waals surface area contributed by atoms with E-state index in [0.717, 1.165) is 12.3 Å². The third-order valence-corrected chi connectivity index (χ3v) is 1.32. The normalized spacial score (nSPS) is 12.4. The Hall–Kier alpha value is -1.33. The van der Waals surface area contributed by atoms with Crippen molar-refractivity contribution in [2.75, 3.05) is 0 Å². The Kier molecular flexibility index (Phi) is 2.47. The van der Waals surface area contributed by atoms with Crippen LogP contribution in [0.15, 0.2) is 21.9 Å². The van der Waals surface area contributed by atoms with Crippen molar-refractivity contribution in [2.45, 2.75) is 0 Å². The van der Waals surface area contributed by atoms with Gasteiger partial charge in [-0.3, -0.25) is 9.78 Å². The summed E-state index contributed by atoms with van der Waals surface area (Å²) >= 11 is 0. The van der Waals surface area contributed by atoms with Gasteiger partial charge in [-0.15, -0.1) is 4.73 Å². The number of aromatic amines is 1. The minimum absolute atomic E-state index is 0.475. The first-order valence-electron chi connectivity index (χ1n) is 2.83. The van der Waals surface area contributed by atoms with Gasteiger partial charge in [-0.2, -0.15) is 0 Å². The van der Waals surface area contributed by atoms with Gasteiger partial charge in [-0.1, -0.05) is 0 Å². The Morgan fingerprint density at radius 1 is 1.58 bits per heavy atom. The zero-order valence-electron chi connectivity index (χ0n) is 5.68. The zero-order valence-corrected chi connectivity index (χ0v) is 6.68. The second-order valence-electron chi connectivity index (χ2n) is 1.79. The molecule has 0 spiro atoms. The SMILES string of the molecule is O=c1ccn(O[PH](=O)O)c(=O)[nH]1. The fourth-order valence-corrected chi connectivity index (χ4v) is 0.873. The van der Waals surface area contributed by atoms with Gasteiger partial charge in [-0.05, 0) is 0 Å². The van der Waals surface area contributed by atoms with Gasteiger partial charge in [0.1, 0.15) is 0 Å². The fourth-order valence-electron chi connectivity index (χ4n) is 0.561. The molecular weight excluding hydrogens is 187 g/mol. The van der Waals surface area contributed by atoms with Gasteiger partial charge in [-0.25, -0.2) is 9.36 Å². The molecule has 1 heterocycles.